The second-order valence-corrected chi connectivity index (χ2v) is 7.80. The lowest BCUT2D eigenvalue weighted by Gasteiger charge is -2.20. The fraction of sp³-hybridized carbons (Fsp3) is 0.273. The molecule has 1 heterocycles. The molecule has 3 N–H and O–H groups in total. The average Bonchev–Trinajstić information content (AvgIpc) is 3.20. The smallest absolute Gasteiger partial charge is 0.251 e. The molecule has 3 rings (SSSR count). The van der Waals surface area contributed by atoms with Gasteiger partial charge in [-0.2, -0.15) is 5.10 Å². The average molecular weight is 407 g/mol. The number of aromatic nitrogens is 3. The first-order valence-corrected chi connectivity index (χ1v) is 9.51. The monoisotopic (exact) mass is 407 g/mol. The van der Waals surface area contributed by atoms with Gasteiger partial charge in [0.1, 0.15) is 11.6 Å². The van der Waals surface area contributed by atoms with Crippen molar-refractivity contribution in [1.29, 1.82) is 0 Å². The maximum absolute atomic E-state index is 12.4. The van der Waals surface area contributed by atoms with E-state index in [1.165, 1.54) is 0 Å². The van der Waals surface area contributed by atoms with Crippen molar-refractivity contribution in [3.05, 3.63) is 65.5 Å². The molecule has 30 heavy (non-hydrogen) atoms. The van der Waals surface area contributed by atoms with Crippen LogP contribution in [0.3, 0.4) is 0 Å². The first kappa shape index (κ1) is 21.0. The third-order valence-electron chi connectivity index (χ3n) is 4.19. The number of benzene rings is 2. The zero-order valence-corrected chi connectivity index (χ0v) is 17.4. The third kappa shape index (κ3) is 5.44. The van der Waals surface area contributed by atoms with Crippen molar-refractivity contribution >= 4 is 11.8 Å². The van der Waals surface area contributed by atoms with Crippen LogP contribution < -0.4 is 15.4 Å². The van der Waals surface area contributed by atoms with Crippen molar-refractivity contribution < 1.29 is 14.3 Å². The van der Waals surface area contributed by atoms with Crippen LogP contribution >= 0.6 is 0 Å². The van der Waals surface area contributed by atoms with Gasteiger partial charge in [-0.05, 0) is 69.3 Å². The van der Waals surface area contributed by atoms with Crippen LogP contribution in [0.4, 0.5) is 0 Å². The van der Waals surface area contributed by atoms with Gasteiger partial charge in [-0.25, -0.2) is 4.98 Å². The molecule has 0 radical (unpaired) electrons. The third-order valence-corrected chi connectivity index (χ3v) is 4.19. The van der Waals surface area contributed by atoms with Crippen molar-refractivity contribution in [2.75, 3.05) is 7.11 Å². The summed E-state index contributed by atoms with van der Waals surface area (Å²) >= 11 is 0. The highest BCUT2D eigenvalue weighted by Crippen LogP contribution is 2.19. The van der Waals surface area contributed by atoms with Gasteiger partial charge < -0.3 is 15.4 Å². The number of nitrogens with zero attached hydrogens (tertiary/aromatic N) is 2. The van der Waals surface area contributed by atoms with Gasteiger partial charge in [0.05, 0.1) is 13.7 Å². The van der Waals surface area contributed by atoms with E-state index in [4.69, 9.17) is 4.74 Å². The maximum Gasteiger partial charge on any atom is 0.251 e. The molecule has 8 heteroatoms. The van der Waals surface area contributed by atoms with E-state index in [9.17, 15) is 9.59 Å². The highest BCUT2D eigenvalue weighted by molar-refractivity contribution is 5.98. The molecule has 156 valence electrons. The topological polar surface area (TPSA) is 109 Å². The number of rotatable bonds is 6. The van der Waals surface area contributed by atoms with Crippen LogP contribution in [-0.4, -0.2) is 39.6 Å². The summed E-state index contributed by atoms with van der Waals surface area (Å²) in [5.74, 6) is 1.39. The van der Waals surface area contributed by atoms with E-state index < -0.39 is 0 Å². The zero-order valence-electron chi connectivity index (χ0n) is 17.4. The predicted molar refractivity (Wildman–Crippen MR) is 113 cm³/mol. The Bertz CT molecular complexity index is 1020. The fourth-order valence-corrected chi connectivity index (χ4v) is 2.70. The van der Waals surface area contributed by atoms with Crippen molar-refractivity contribution in [3.8, 4) is 17.1 Å². The summed E-state index contributed by atoms with van der Waals surface area (Å²) in [6, 6.07) is 13.9. The minimum atomic E-state index is -0.325. The van der Waals surface area contributed by atoms with Crippen LogP contribution in [-0.2, 0) is 6.54 Å². The number of amides is 2. The van der Waals surface area contributed by atoms with Gasteiger partial charge >= 0.3 is 0 Å². The lowest BCUT2D eigenvalue weighted by Crippen LogP contribution is -2.40. The maximum atomic E-state index is 12.4. The van der Waals surface area contributed by atoms with Gasteiger partial charge in [-0.3, -0.25) is 14.7 Å². The molecular weight excluding hydrogens is 382 g/mol. The highest BCUT2D eigenvalue weighted by atomic mass is 16.5. The Hall–Kier alpha value is -3.68. The molecule has 0 saturated carbocycles. The molecule has 2 aromatic carbocycles. The first-order chi connectivity index (χ1) is 14.2. The molecule has 8 nitrogen and oxygen atoms in total. The Morgan fingerprint density at radius 1 is 0.967 bits per heavy atom. The number of H-pyrrole nitrogens is 1. The quantitative estimate of drug-likeness (QED) is 0.582. The van der Waals surface area contributed by atoms with Gasteiger partial charge in [-0.15, -0.1) is 0 Å². The number of nitrogens with one attached hydrogen (secondary N) is 3. The van der Waals surface area contributed by atoms with Crippen LogP contribution in [0.15, 0.2) is 48.5 Å². The SMILES string of the molecule is COc1ccc(-c2n[nH]c(CNC(=O)c3ccc(C(=O)NC(C)(C)C)cc3)n2)cc1. The van der Waals surface area contributed by atoms with Crippen LogP contribution in [0.5, 0.6) is 5.75 Å². The highest BCUT2D eigenvalue weighted by Gasteiger charge is 2.16. The summed E-state index contributed by atoms with van der Waals surface area (Å²) in [7, 11) is 1.61. The lowest BCUT2D eigenvalue weighted by atomic mass is 10.1. The summed E-state index contributed by atoms with van der Waals surface area (Å²) in [4.78, 5) is 29.0. The molecule has 2 amide bonds. The Morgan fingerprint density at radius 2 is 1.57 bits per heavy atom. The first-order valence-electron chi connectivity index (χ1n) is 9.51. The molecule has 0 fully saturated rings. The summed E-state index contributed by atoms with van der Waals surface area (Å²) in [5, 5.41) is 12.7. The molecule has 0 bridgehead atoms. The van der Waals surface area contributed by atoms with Crippen molar-refractivity contribution in [2.24, 2.45) is 0 Å². The van der Waals surface area contributed by atoms with Gasteiger partial charge in [0.15, 0.2) is 5.82 Å². The van der Waals surface area contributed by atoms with Crippen molar-refractivity contribution in [2.45, 2.75) is 32.9 Å². The van der Waals surface area contributed by atoms with Crippen LogP contribution in [0.25, 0.3) is 11.4 Å². The molecule has 0 aliphatic carbocycles. The van der Waals surface area contributed by atoms with Crippen molar-refractivity contribution in [3.63, 3.8) is 0 Å². The minimum Gasteiger partial charge on any atom is -0.497 e. The Labute approximate surface area is 175 Å². The molecule has 3 aromatic rings. The zero-order chi connectivity index (χ0) is 21.7. The van der Waals surface area contributed by atoms with E-state index >= 15 is 0 Å². The minimum absolute atomic E-state index is 0.179. The van der Waals surface area contributed by atoms with Crippen LogP contribution in [0, 0.1) is 0 Å². The molecule has 0 aliphatic rings. The van der Waals surface area contributed by atoms with E-state index in [-0.39, 0.29) is 23.9 Å². The van der Waals surface area contributed by atoms with Gasteiger partial charge in [0.25, 0.3) is 11.8 Å². The fourth-order valence-electron chi connectivity index (χ4n) is 2.70. The number of hydrogen-bond acceptors (Lipinski definition) is 5. The number of methoxy groups -OCH3 is 1. The molecule has 0 saturated heterocycles. The van der Waals surface area contributed by atoms with Crippen LogP contribution in [0.2, 0.25) is 0 Å². The molecule has 0 unspecified atom stereocenters. The predicted octanol–water partition coefficient (Wildman–Crippen LogP) is 2.94. The summed E-state index contributed by atoms with van der Waals surface area (Å²) in [5.41, 5.74) is 1.47. The van der Waals surface area contributed by atoms with Crippen molar-refractivity contribution in [1.82, 2.24) is 25.8 Å². The second-order valence-electron chi connectivity index (χ2n) is 7.80. The van der Waals surface area contributed by atoms with E-state index in [0.717, 1.165) is 11.3 Å². The summed E-state index contributed by atoms with van der Waals surface area (Å²) in [6.07, 6.45) is 0. The number of hydrogen-bond donors (Lipinski definition) is 3. The Kier molecular flexibility index (Phi) is 6.15. The summed E-state index contributed by atoms with van der Waals surface area (Å²) < 4.78 is 5.14. The normalized spacial score (nSPS) is 11.1. The number of carbonyl (C=O) groups excluding carboxylic acids is 2. The number of ether oxygens (including phenoxy) is 1. The van der Waals surface area contributed by atoms with E-state index in [0.29, 0.717) is 22.8 Å². The molecular formula is C22H25N5O3. The molecule has 0 spiro atoms. The van der Waals surface area contributed by atoms with E-state index in [1.54, 1.807) is 31.4 Å². The van der Waals surface area contributed by atoms with Gasteiger partial charge in [0.2, 0.25) is 0 Å². The molecule has 0 atom stereocenters. The second kappa shape index (κ2) is 8.77. The standard InChI is InChI=1S/C22H25N5O3/c1-22(2,3)25-21(29)16-7-5-15(6-8-16)20(28)23-13-18-24-19(27-26-18)14-9-11-17(30-4)12-10-14/h5-12H,13H2,1-4H3,(H,23,28)(H,25,29)(H,24,26,27). The summed E-state index contributed by atoms with van der Waals surface area (Å²) in [6.45, 7) is 5.94. The van der Waals surface area contributed by atoms with Crippen LogP contribution in [0.1, 0.15) is 47.3 Å². The van der Waals surface area contributed by atoms with E-state index in [2.05, 4.69) is 25.8 Å². The Balaban J connectivity index is 1.58. The number of aromatic amines is 1. The van der Waals surface area contributed by atoms with E-state index in [1.807, 2.05) is 45.0 Å². The molecule has 1 aromatic heterocycles. The lowest BCUT2D eigenvalue weighted by molar-refractivity contribution is 0.0915. The largest absolute Gasteiger partial charge is 0.497 e. The van der Waals surface area contributed by atoms with Gasteiger partial charge in [-0.1, -0.05) is 0 Å². The molecule has 0 aliphatic heterocycles. The van der Waals surface area contributed by atoms with Gasteiger partial charge in [0, 0.05) is 22.2 Å². The Morgan fingerprint density at radius 3 is 2.13 bits per heavy atom. The number of carbonyl (C=O) groups is 2.